The minimum absolute atomic E-state index is 0.0104. The summed E-state index contributed by atoms with van der Waals surface area (Å²) in [6, 6.07) is 60.7. The van der Waals surface area contributed by atoms with Crippen LogP contribution in [-0.2, 0) is 50.1 Å². The minimum atomic E-state index is -1.12. The summed E-state index contributed by atoms with van der Waals surface area (Å²) in [6.07, 6.45) is 3.94. The fourth-order valence-corrected chi connectivity index (χ4v) is 13.8. The number of carboxylic acid groups (broad SMARTS) is 2. The van der Waals surface area contributed by atoms with E-state index in [1.54, 1.807) is 97.3 Å². The lowest BCUT2D eigenvalue weighted by Gasteiger charge is -2.22. The van der Waals surface area contributed by atoms with Crippen LogP contribution in [0.3, 0.4) is 0 Å². The molecule has 8 aromatic carbocycles. The van der Waals surface area contributed by atoms with Crippen LogP contribution in [0.1, 0.15) is 82.0 Å². The van der Waals surface area contributed by atoms with E-state index in [9.17, 15) is 44.1 Å². The Morgan fingerprint density at radius 1 is 0.451 bits per heavy atom. The molecule has 0 radical (unpaired) electrons. The smallest absolute Gasteiger partial charge is 0.373 e. The molecule has 6 heterocycles. The van der Waals surface area contributed by atoms with Crippen LogP contribution in [0.4, 0.5) is 28.4 Å². The molecule has 0 saturated heterocycles. The molecule has 25 heteroatoms. The Morgan fingerprint density at radius 2 is 0.841 bits per heavy atom. The Bertz CT molecular complexity index is 6620. The molecule has 0 atom stereocenters. The normalized spacial score (nSPS) is 10.9. The molecule has 4 aromatic heterocycles. The molecule has 0 fully saturated rings. The number of rotatable bonds is 18. The van der Waals surface area contributed by atoms with Gasteiger partial charge in [-0.25, -0.2) is 24.4 Å². The van der Waals surface area contributed by atoms with E-state index >= 15 is 0 Å². The number of anilines is 5. The number of aryl methyl sites for hydroxylation is 2. The number of hydrogen-bond acceptors (Lipinski definition) is 23. The molecule has 0 saturated carbocycles. The van der Waals surface area contributed by atoms with Crippen molar-refractivity contribution >= 4 is 130 Å². The molecule has 113 heavy (non-hydrogen) atoms. The van der Waals surface area contributed by atoms with E-state index < -0.39 is 17.9 Å². The van der Waals surface area contributed by atoms with E-state index in [-0.39, 0.29) is 94.8 Å². The third-order valence-electron chi connectivity index (χ3n) is 19.1. The fourth-order valence-electron chi connectivity index (χ4n) is 13.8. The van der Waals surface area contributed by atoms with E-state index in [1.165, 1.54) is 26.2 Å². The molecule has 558 valence electrons. The highest BCUT2D eigenvalue weighted by Crippen LogP contribution is 2.48. The summed E-state index contributed by atoms with van der Waals surface area (Å²) >= 11 is 0. The second-order valence-electron chi connectivity index (χ2n) is 26.0. The quantitative estimate of drug-likeness (QED) is 0.0171. The number of pyridine rings is 4. The number of aromatic hydroxyl groups is 1. The summed E-state index contributed by atoms with van der Waals surface area (Å²) < 4.78 is 18.4. The zero-order valence-electron chi connectivity index (χ0n) is 60.6. The van der Waals surface area contributed by atoms with Crippen LogP contribution in [0.25, 0.3) is 110 Å². The number of nitrogen functional groups attached to an aromatic ring is 1. The number of nitrogens with two attached hydrogens (primary N) is 1. The summed E-state index contributed by atoms with van der Waals surface area (Å²) in [5, 5.41) is 50.3. The Hall–Kier alpha value is -15.6. The fraction of sp³-hybridized carbons (Fsp3) is 0.0909. The van der Waals surface area contributed by atoms with Crippen LogP contribution in [-0.4, -0.2) is 78.4 Å². The topological polar surface area (TPSA) is 393 Å². The number of ketones is 1. The predicted octanol–water partition coefficient (Wildman–Crippen LogP) is 15.9. The summed E-state index contributed by atoms with van der Waals surface area (Å²) in [5.41, 5.74) is 19.7. The Morgan fingerprint density at radius 3 is 1.28 bits per heavy atom. The van der Waals surface area contributed by atoms with Gasteiger partial charge >= 0.3 is 30.2 Å². The standard InChI is InChI=1S/C45H35N5O7.C41H30N4O5.2CO2/c1-23-10-13-27(44(53)54)30(20-23)39-28-14-16-33(46)31(21-47-35-8-4-6-25-11-17-34(24(2)51)49-40(25)35)42(28)57-43-29(39)15-19-38(52)32(43)22-48-36-9-5-7-26-12-18-37(45(55)56-3)50-41(26)36;1-23-12-13-26(41(48)49)29(20-23)36-27-14-16-34(46)30(21-44-32-10-2-6-24-8-4-18-42-37(24)32)39(27)50-40-28(36)15-17-35(47)31(40)22-45-33-11-3-7-25-9-5-19-43-38(25)33;2*2-1-3/h4-20,47-48H,21-22,46H2,1-3H3,(H,53,54);2-20,44-46H,21-22H2,1H3,(H,48,49);;. The van der Waals surface area contributed by atoms with Crippen LogP contribution in [0.15, 0.2) is 237 Å². The van der Waals surface area contributed by atoms with Crippen molar-refractivity contribution in [3.63, 3.8) is 0 Å². The van der Waals surface area contributed by atoms with Crippen molar-refractivity contribution in [2.45, 2.75) is 47.0 Å². The lowest BCUT2D eigenvalue weighted by molar-refractivity contribution is -0.193. The van der Waals surface area contributed by atoms with Gasteiger partial charge in [-0.15, -0.1) is 0 Å². The third kappa shape index (κ3) is 15.4. The maximum absolute atomic E-state index is 13.8. The second-order valence-corrected chi connectivity index (χ2v) is 26.0. The average molecular weight is 1500 g/mol. The molecule has 0 bridgehead atoms. The number of hydrogen-bond donors (Lipinski definition) is 8. The number of ether oxygens (including phenoxy) is 1. The lowest BCUT2D eigenvalue weighted by Crippen LogP contribution is -2.16. The number of phenolic OH excluding ortho intramolecular Hbond substituents is 1. The van der Waals surface area contributed by atoms with Gasteiger partial charge in [0, 0.05) is 111 Å². The lowest BCUT2D eigenvalue weighted by atomic mass is 9.87. The molecular formula is C88H65N9O16. The highest BCUT2D eigenvalue weighted by atomic mass is 16.5. The number of benzene rings is 10. The van der Waals surface area contributed by atoms with E-state index in [4.69, 9.17) is 38.5 Å². The number of Topliss-reactive ketones (excluding diaryl/α,β-unsaturated/α-hetero) is 1. The number of carbonyl (C=O) groups is 4. The molecule has 12 aromatic rings. The van der Waals surface area contributed by atoms with Crippen LogP contribution in [0.5, 0.6) is 5.75 Å². The number of esters is 1. The maximum atomic E-state index is 13.8. The van der Waals surface area contributed by atoms with E-state index in [0.717, 1.165) is 55.1 Å². The first-order valence-electron chi connectivity index (χ1n) is 34.9. The molecule has 2 aliphatic carbocycles. The SMILES string of the molecule is COC(=O)c1ccc2cccc(NCc3c4oc5c(CNc6cccc7ccc(C(C)=O)nc67)c(N)ccc5c(-c5cc(C)ccc5C(=O)O)c-4ccc3=O)c2n1.Cc1ccc(C(=O)O)c(-c2c3ccc(=O)c(CNc4cccc5cccnc45)c-3oc3c(CNc4cccc5cccnc45)c(O)ccc23)c1.O=C=O.O=C=O. The summed E-state index contributed by atoms with van der Waals surface area (Å²) in [4.78, 5) is 128. The number of methoxy groups -OCH3 is 1. The van der Waals surface area contributed by atoms with Crippen molar-refractivity contribution in [1.82, 2.24) is 19.9 Å². The first kappa shape index (κ1) is 75.6. The number of aromatic nitrogens is 4. The monoisotopic (exact) mass is 1500 g/mol. The summed E-state index contributed by atoms with van der Waals surface area (Å²) in [5.74, 6) is -2.44. The molecule has 2 aliphatic heterocycles. The maximum Gasteiger partial charge on any atom is 0.373 e. The van der Waals surface area contributed by atoms with Gasteiger partial charge in [0.25, 0.3) is 0 Å². The van der Waals surface area contributed by atoms with Gasteiger partial charge in [0.05, 0.1) is 79.7 Å². The zero-order valence-corrected chi connectivity index (χ0v) is 60.6. The zero-order chi connectivity index (χ0) is 79.7. The van der Waals surface area contributed by atoms with Gasteiger partial charge < -0.3 is 55.9 Å². The molecule has 0 amide bonds. The van der Waals surface area contributed by atoms with E-state index in [1.807, 2.05) is 123 Å². The van der Waals surface area contributed by atoms with E-state index in [2.05, 4.69) is 41.2 Å². The molecule has 4 aliphatic rings. The molecule has 25 nitrogen and oxygen atoms in total. The van der Waals surface area contributed by atoms with Crippen LogP contribution < -0.4 is 37.9 Å². The summed E-state index contributed by atoms with van der Waals surface area (Å²) in [7, 11) is 1.29. The number of carbonyl (C=O) groups excluding carboxylic acids is 6. The van der Waals surface area contributed by atoms with Gasteiger partial charge in [0.15, 0.2) is 16.6 Å². The molecule has 16 rings (SSSR count). The summed E-state index contributed by atoms with van der Waals surface area (Å²) in [6.45, 7) is 5.64. The number of nitrogens with zero attached hydrogens (tertiary/aromatic N) is 4. The van der Waals surface area contributed by atoms with Gasteiger partial charge in [0.2, 0.25) is 0 Å². The minimum Gasteiger partial charge on any atom is -0.507 e. The highest BCUT2D eigenvalue weighted by molar-refractivity contribution is 6.11. The van der Waals surface area contributed by atoms with Gasteiger partial charge in [-0.1, -0.05) is 108 Å². The first-order valence-corrected chi connectivity index (χ1v) is 34.9. The van der Waals surface area contributed by atoms with Crippen molar-refractivity contribution in [2.75, 3.05) is 34.1 Å². The predicted molar refractivity (Wildman–Crippen MR) is 426 cm³/mol. The average Bonchev–Trinajstić information content (AvgIpc) is 0.735. The van der Waals surface area contributed by atoms with Crippen LogP contribution in [0, 0.1) is 13.8 Å². The largest absolute Gasteiger partial charge is 0.507 e. The molecular weight excluding hydrogens is 1440 g/mol. The van der Waals surface area contributed by atoms with Crippen molar-refractivity contribution in [2.24, 2.45) is 0 Å². The van der Waals surface area contributed by atoms with Crippen molar-refractivity contribution in [3.8, 4) is 50.7 Å². The van der Waals surface area contributed by atoms with Gasteiger partial charge in [-0.05, 0) is 134 Å². The highest BCUT2D eigenvalue weighted by Gasteiger charge is 2.30. The van der Waals surface area contributed by atoms with Crippen LogP contribution in [0.2, 0.25) is 0 Å². The van der Waals surface area contributed by atoms with Crippen LogP contribution >= 0.6 is 0 Å². The van der Waals surface area contributed by atoms with Gasteiger partial charge in [-0.3, -0.25) is 24.4 Å². The number of nitrogens with one attached hydrogen (secondary N) is 4. The van der Waals surface area contributed by atoms with Crippen molar-refractivity contribution in [1.29, 1.82) is 0 Å². The first-order chi connectivity index (χ1) is 54.7. The Labute approximate surface area is 640 Å². The molecule has 9 N–H and O–H groups in total. The number of carboxylic acids is 2. The van der Waals surface area contributed by atoms with Crippen molar-refractivity contribution < 1.29 is 67.2 Å². The number of fused-ring (bicyclic) bond motifs is 8. The molecule has 0 spiro atoms. The molecule has 0 unspecified atom stereocenters. The Kier molecular flexibility index (Phi) is 22.0. The van der Waals surface area contributed by atoms with Gasteiger partial charge in [0.1, 0.15) is 39.8 Å². The van der Waals surface area contributed by atoms with Gasteiger partial charge in [-0.2, -0.15) is 19.2 Å². The third-order valence-corrected chi connectivity index (χ3v) is 19.1. The van der Waals surface area contributed by atoms with E-state index in [0.29, 0.717) is 106 Å². The number of phenols is 1. The number of aromatic carboxylic acids is 2. The Balaban J connectivity index is 0.000000186. The van der Waals surface area contributed by atoms with Crippen molar-refractivity contribution in [3.05, 3.63) is 295 Å². The second kappa shape index (κ2) is 32.9. The number of para-hydroxylation sites is 4.